The number of sulfone groups is 1. The minimum atomic E-state index is -3.13. The third kappa shape index (κ3) is 4.56. The fraction of sp³-hybridized carbons (Fsp3) is 0.529. The van der Waals surface area contributed by atoms with Gasteiger partial charge in [-0.05, 0) is 44.9 Å². The molecule has 1 aliphatic heterocycles. The summed E-state index contributed by atoms with van der Waals surface area (Å²) in [7, 11) is -3.13. The van der Waals surface area contributed by atoms with Gasteiger partial charge in [0.05, 0.1) is 17.1 Å². The molecule has 1 aromatic carbocycles. The van der Waals surface area contributed by atoms with Gasteiger partial charge in [-0.15, -0.1) is 0 Å². The minimum Gasteiger partial charge on any atom is -0.449 e. The third-order valence-electron chi connectivity index (χ3n) is 4.31. The number of aryl methyl sites for hydroxylation is 1. The normalized spacial score (nSPS) is 20.1. The summed E-state index contributed by atoms with van der Waals surface area (Å²) < 4.78 is 41.9. The number of likely N-dealkylation sites (N-methyl/N-ethyl adjacent to an activating group) is 1. The van der Waals surface area contributed by atoms with Crippen molar-refractivity contribution in [2.24, 2.45) is 0 Å². The summed E-state index contributed by atoms with van der Waals surface area (Å²) in [6.07, 6.45) is -0.703. The van der Waals surface area contributed by atoms with Crippen LogP contribution in [0.25, 0.3) is 0 Å². The van der Waals surface area contributed by atoms with Gasteiger partial charge >= 0.3 is 5.97 Å². The van der Waals surface area contributed by atoms with Crippen LogP contribution in [-0.2, 0) is 19.4 Å². The van der Waals surface area contributed by atoms with Gasteiger partial charge in [-0.1, -0.05) is 6.07 Å². The molecule has 0 unspecified atom stereocenters. The first-order chi connectivity index (χ1) is 11.6. The second-order valence-corrected chi connectivity index (χ2v) is 8.42. The van der Waals surface area contributed by atoms with Crippen molar-refractivity contribution < 1.29 is 27.1 Å². The number of ether oxygens (including phenoxy) is 1. The molecule has 1 fully saturated rings. The van der Waals surface area contributed by atoms with E-state index in [2.05, 4.69) is 0 Å². The van der Waals surface area contributed by atoms with E-state index >= 15 is 0 Å². The van der Waals surface area contributed by atoms with Crippen LogP contribution in [0.15, 0.2) is 18.2 Å². The lowest BCUT2D eigenvalue weighted by atomic mass is 10.1. The lowest BCUT2D eigenvalue weighted by Gasteiger charge is -2.29. The quantitative estimate of drug-likeness (QED) is 0.736. The average molecular weight is 371 g/mol. The molecule has 0 saturated carbocycles. The van der Waals surface area contributed by atoms with Crippen LogP contribution in [-0.4, -0.2) is 55.4 Å². The number of hydrogen-bond donors (Lipinski definition) is 0. The Bertz CT molecular complexity index is 777. The highest BCUT2D eigenvalue weighted by Crippen LogP contribution is 2.19. The monoisotopic (exact) mass is 371 g/mol. The van der Waals surface area contributed by atoms with Crippen LogP contribution in [0.3, 0.4) is 0 Å². The van der Waals surface area contributed by atoms with E-state index in [1.807, 2.05) is 0 Å². The highest BCUT2D eigenvalue weighted by atomic mass is 32.2. The first-order valence-electron chi connectivity index (χ1n) is 8.12. The molecule has 1 aromatic rings. The lowest BCUT2D eigenvalue weighted by Crippen LogP contribution is -2.46. The highest BCUT2D eigenvalue weighted by Gasteiger charge is 2.36. The molecule has 138 valence electrons. The maximum Gasteiger partial charge on any atom is 0.339 e. The minimum absolute atomic E-state index is 0.0224. The maximum atomic E-state index is 13.6. The van der Waals surface area contributed by atoms with Gasteiger partial charge in [0.25, 0.3) is 5.91 Å². The Kier molecular flexibility index (Phi) is 5.82. The lowest BCUT2D eigenvalue weighted by molar-refractivity contribution is -0.141. The van der Waals surface area contributed by atoms with E-state index < -0.39 is 39.7 Å². The van der Waals surface area contributed by atoms with Crippen LogP contribution in [0.5, 0.6) is 0 Å². The van der Waals surface area contributed by atoms with Crippen LogP contribution in [0.1, 0.15) is 36.2 Å². The zero-order valence-corrected chi connectivity index (χ0v) is 15.3. The molecular weight excluding hydrogens is 349 g/mol. The Labute approximate surface area is 146 Å². The zero-order valence-electron chi connectivity index (χ0n) is 14.5. The van der Waals surface area contributed by atoms with Crippen molar-refractivity contribution in [3.05, 3.63) is 35.1 Å². The Hall–Kier alpha value is -1.96. The van der Waals surface area contributed by atoms with Crippen LogP contribution in [0.2, 0.25) is 0 Å². The molecule has 1 heterocycles. The standard InChI is InChI=1S/C17H22FNO5S/c1-4-19(14-7-8-25(22,23)10-14)16(20)12(3)24-17(21)13-6-5-11(2)15(18)9-13/h5-6,9,12,14H,4,7-8,10H2,1-3H3/t12-,14+/m0/s1. The Morgan fingerprint density at radius 1 is 1.40 bits per heavy atom. The molecule has 1 saturated heterocycles. The van der Waals surface area contributed by atoms with E-state index in [1.54, 1.807) is 13.8 Å². The molecule has 0 N–H and O–H groups in total. The zero-order chi connectivity index (χ0) is 18.8. The topological polar surface area (TPSA) is 80.8 Å². The second-order valence-electron chi connectivity index (χ2n) is 6.19. The predicted octanol–water partition coefficient (Wildman–Crippen LogP) is 1.72. The number of hydrogen-bond acceptors (Lipinski definition) is 5. The van der Waals surface area contributed by atoms with E-state index in [0.717, 1.165) is 6.07 Å². The molecule has 2 rings (SSSR count). The van der Waals surface area contributed by atoms with Gasteiger partial charge in [0.15, 0.2) is 15.9 Å². The van der Waals surface area contributed by atoms with Gasteiger partial charge in [-0.2, -0.15) is 0 Å². The largest absolute Gasteiger partial charge is 0.449 e. The molecule has 25 heavy (non-hydrogen) atoms. The first kappa shape index (κ1) is 19.4. The smallest absolute Gasteiger partial charge is 0.339 e. The maximum absolute atomic E-state index is 13.6. The molecule has 6 nitrogen and oxygen atoms in total. The van der Waals surface area contributed by atoms with Gasteiger partial charge in [-0.25, -0.2) is 17.6 Å². The number of nitrogens with zero attached hydrogens (tertiary/aromatic N) is 1. The Morgan fingerprint density at radius 3 is 2.60 bits per heavy atom. The van der Waals surface area contributed by atoms with Gasteiger partial charge in [0.1, 0.15) is 5.82 Å². The molecule has 1 amide bonds. The molecule has 0 bridgehead atoms. The molecular formula is C17H22FNO5S. The average Bonchev–Trinajstić information content (AvgIpc) is 2.90. The van der Waals surface area contributed by atoms with Crippen molar-refractivity contribution in [3.63, 3.8) is 0 Å². The predicted molar refractivity (Wildman–Crippen MR) is 90.5 cm³/mol. The summed E-state index contributed by atoms with van der Waals surface area (Å²) in [6.45, 7) is 5.06. The van der Waals surface area contributed by atoms with Crippen molar-refractivity contribution in [3.8, 4) is 0 Å². The van der Waals surface area contributed by atoms with Crippen LogP contribution < -0.4 is 0 Å². The number of rotatable bonds is 5. The number of carbonyl (C=O) groups excluding carboxylic acids is 2. The van der Waals surface area contributed by atoms with Crippen molar-refractivity contribution >= 4 is 21.7 Å². The molecule has 2 atom stereocenters. The van der Waals surface area contributed by atoms with E-state index in [4.69, 9.17) is 4.74 Å². The van der Waals surface area contributed by atoms with E-state index in [0.29, 0.717) is 18.5 Å². The van der Waals surface area contributed by atoms with Crippen molar-refractivity contribution in [2.75, 3.05) is 18.1 Å². The third-order valence-corrected chi connectivity index (χ3v) is 6.06. The molecule has 0 spiro atoms. The fourth-order valence-electron chi connectivity index (χ4n) is 2.85. The number of amides is 1. The van der Waals surface area contributed by atoms with Crippen molar-refractivity contribution in [1.29, 1.82) is 0 Å². The van der Waals surface area contributed by atoms with Gasteiger partial charge in [0.2, 0.25) is 0 Å². The molecule has 1 aliphatic rings. The van der Waals surface area contributed by atoms with Crippen molar-refractivity contribution in [2.45, 2.75) is 39.3 Å². The summed E-state index contributed by atoms with van der Waals surface area (Å²) in [5.74, 6) is -1.80. The SMILES string of the molecule is CCN(C(=O)[C@H](C)OC(=O)c1ccc(C)c(F)c1)[C@@H]1CCS(=O)(=O)C1. The van der Waals surface area contributed by atoms with Crippen LogP contribution in [0.4, 0.5) is 4.39 Å². The molecule has 8 heteroatoms. The summed E-state index contributed by atoms with van der Waals surface area (Å²) in [4.78, 5) is 26.1. The fourth-order valence-corrected chi connectivity index (χ4v) is 4.58. The number of carbonyl (C=O) groups is 2. The second kappa shape index (κ2) is 7.51. The van der Waals surface area contributed by atoms with Crippen molar-refractivity contribution in [1.82, 2.24) is 4.90 Å². The number of esters is 1. The van der Waals surface area contributed by atoms with Crippen LogP contribution >= 0.6 is 0 Å². The summed E-state index contributed by atoms with van der Waals surface area (Å²) in [6, 6.07) is 3.55. The Balaban J connectivity index is 2.05. The molecule has 0 aliphatic carbocycles. The van der Waals surface area contributed by atoms with Crippen LogP contribution in [0, 0.1) is 12.7 Å². The summed E-state index contributed by atoms with van der Waals surface area (Å²) in [5, 5.41) is 0. The summed E-state index contributed by atoms with van der Waals surface area (Å²) >= 11 is 0. The van der Waals surface area contributed by atoms with Gasteiger partial charge < -0.3 is 9.64 Å². The molecule has 0 radical (unpaired) electrons. The van der Waals surface area contributed by atoms with E-state index in [9.17, 15) is 22.4 Å². The van der Waals surface area contributed by atoms with Gasteiger partial charge in [0, 0.05) is 12.6 Å². The number of halogens is 1. The Morgan fingerprint density at radius 2 is 2.08 bits per heavy atom. The summed E-state index contributed by atoms with van der Waals surface area (Å²) in [5.41, 5.74) is 0.425. The first-order valence-corrected chi connectivity index (χ1v) is 9.94. The van der Waals surface area contributed by atoms with E-state index in [1.165, 1.54) is 24.0 Å². The number of benzene rings is 1. The van der Waals surface area contributed by atoms with E-state index in [-0.39, 0.29) is 17.1 Å². The van der Waals surface area contributed by atoms with Gasteiger partial charge in [-0.3, -0.25) is 4.79 Å². The molecule has 0 aromatic heterocycles. The highest BCUT2D eigenvalue weighted by molar-refractivity contribution is 7.91.